The van der Waals surface area contributed by atoms with Gasteiger partial charge in [-0.15, -0.1) is 13.2 Å². The molecule has 0 aliphatic rings. The summed E-state index contributed by atoms with van der Waals surface area (Å²) >= 11 is 3.56. The van der Waals surface area contributed by atoms with E-state index in [0.717, 1.165) is 10.8 Å². The summed E-state index contributed by atoms with van der Waals surface area (Å²) in [6.07, 6.45) is -5.84. The number of carbonyl (C=O) groups excluding carboxylic acids is 1. The zero-order chi connectivity index (χ0) is 29.3. The Bertz CT molecular complexity index is 1630. The first-order chi connectivity index (χ1) is 18.6. The Kier molecular flexibility index (Phi) is 8.18. The second-order valence-electron chi connectivity index (χ2n) is 9.85. The van der Waals surface area contributed by atoms with E-state index in [-0.39, 0.29) is 17.2 Å². The number of sulfonamides is 1. The minimum Gasteiger partial charge on any atom is -0.443 e. The third-order valence-corrected chi connectivity index (χ3v) is 8.38. The molecule has 0 aliphatic carbocycles. The van der Waals surface area contributed by atoms with Crippen LogP contribution in [-0.4, -0.2) is 30.8 Å². The standard InChI is InChI=1S/C29H25BrF3NO5S/c1-28(2,3)39-27(35)34(18-22-9-8-21-6-4-5-7-25(21)26(22)30)40(36,37)24-16-12-20(13-17-24)19-10-14-23(15-11-19)38-29(31,32)33/h4-17H,18H2,1-3H3. The first-order valence-electron chi connectivity index (χ1n) is 12.0. The number of benzene rings is 4. The van der Waals surface area contributed by atoms with E-state index >= 15 is 0 Å². The number of halogens is 4. The van der Waals surface area contributed by atoms with Crippen LogP contribution in [0.4, 0.5) is 18.0 Å². The van der Waals surface area contributed by atoms with E-state index in [1.54, 1.807) is 26.8 Å². The van der Waals surface area contributed by atoms with E-state index in [9.17, 15) is 26.4 Å². The maximum absolute atomic E-state index is 13.8. The number of hydrogen-bond acceptors (Lipinski definition) is 5. The third kappa shape index (κ3) is 6.95. The van der Waals surface area contributed by atoms with Crippen molar-refractivity contribution in [2.45, 2.75) is 44.2 Å². The predicted molar refractivity (Wildman–Crippen MR) is 149 cm³/mol. The van der Waals surface area contributed by atoms with E-state index in [2.05, 4.69) is 20.7 Å². The highest BCUT2D eigenvalue weighted by Gasteiger charge is 2.34. The third-order valence-electron chi connectivity index (χ3n) is 5.72. The van der Waals surface area contributed by atoms with Crippen molar-refractivity contribution in [3.05, 3.63) is 95.0 Å². The summed E-state index contributed by atoms with van der Waals surface area (Å²) in [4.78, 5) is 13.0. The van der Waals surface area contributed by atoms with Crippen molar-refractivity contribution < 1.29 is 35.9 Å². The first-order valence-corrected chi connectivity index (χ1v) is 14.3. The van der Waals surface area contributed by atoms with E-state index in [4.69, 9.17) is 4.74 Å². The highest BCUT2D eigenvalue weighted by molar-refractivity contribution is 9.10. The molecular weight excluding hydrogens is 611 g/mol. The van der Waals surface area contributed by atoms with Gasteiger partial charge in [-0.3, -0.25) is 0 Å². The number of ether oxygens (including phenoxy) is 2. The molecular formula is C29H25BrF3NO5S. The normalized spacial score (nSPS) is 12.3. The lowest BCUT2D eigenvalue weighted by Gasteiger charge is -2.27. The molecule has 0 radical (unpaired) electrons. The summed E-state index contributed by atoms with van der Waals surface area (Å²) < 4.78 is 75.5. The molecule has 0 bridgehead atoms. The van der Waals surface area contributed by atoms with Crippen LogP contribution >= 0.6 is 15.9 Å². The van der Waals surface area contributed by atoms with Gasteiger partial charge in [0.25, 0.3) is 10.0 Å². The van der Waals surface area contributed by atoms with Crippen LogP contribution in [-0.2, 0) is 21.3 Å². The number of nitrogens with zero attached hydrogens (tertiary/aromatic N) is 1. The average Bonchev–Trinajstić information content (AvgIpc) is 2.87. The van der Waals surface area contributed by atoms with E-state index in [0.29, 0.717) is 25.5 Å². The monoisotopic (exact) mass is 635 g/mol. The molecule has 0 atom stereocenters. The second-order valence-corrected chi connectivity index (χ2v) is 12.5. The van der Waals surface area contributed by atoms with Gasteiger partial charge in [0.15, 0.2) is 0 Å². The summed E-state index contributed by atoms with van der Waals surface area (Å²) in [5.41, 5.74) is 0.712. The van der Waals surface area contributed by atoms with Crippen LogP contribution in [0.15, 0.2) is 94.3 Å². The number of fused-ring (bicyclic) bond motifs is 1. The fourth-order valence-corrected chi connectivity index (χ4v) is 5.81. The number of rotatable bonds is 6. The Morgan fingerprint density at radius 3 is 2.00 bits per heavy atom. The maximum Gasteiger partial charge on any atom is 0.573 e. The Labute approximate surface area is 238 Å². The zero-order valence-corrected chi connectivity index (χ0v) is 24.1. The Hall–Kier alpha value is -3.57. The lowest BCUT2D eigenvalue weighted by atomic mass is 10.1. The van der Waals surface area contributed by atoms with E-state index < -0.39 is 28.1 Å². The van der Waals surface area contributed by atoms with Gasteiger partial charge in [-0.25, -0.2) is 13.2 Å². The Morgan fingerprint density at radius 1 is 0.850 bits per heavy atom. The minimum absolute atomic E-state index is 0.156. The molecule has 1 amide bonds. The summed E-state index contributed by atoms with van der Waals surface area (Å²) in [5, 5.41) is 1.80. The smallest absolute Gasteiger partial charge is 0.443 e. The van der Waals surface area contributed by atoms with Gasteiger partial charge in [0.2, 0.25) is 0 Å². The quantitative estimate of drug-likeness (QED) is 0.213. The van der Waals surface area contributed by atoms with Crippen LogP contribution < -0.4 is 4.74 Å². The molecule has 6 nitrogen and oxygen atoms in total. The molecule has 0 fully saturated rings. The molecule has 4 aromatic rings. The van der Waals surface area contributed by atoms with Crippen molar-refractivity contribution in [2.75, 3.05) is 0 Å². The molecule has 0 saturated heterocycles. The van der Waals surface area contributed by atoms with Crippen molar-refractivity contribution in [3.8, 4) is 16.9 Å². The number of hydrogen-bond donors (Lipinski definition) is 0. The van der Waals surface area contributed by atoms with Crippen LogP contribution in [0.1, 0.15) is 26.3 Å². The minimum atomic E-state index is -4.81. The molecule has 0 N–H and O–H groups in total. The van der Waals surface area contributed by atoms with E-state index in [1.807, 2.05) is 30.3 Å². The Morgan fingerprint density at radius 2 is 1.43 bits per heavy atom. The van der Waals surface area contributed by atoms with Crippen molar-refractivity contribution in [2.24, 2.45) is 0 Å². The summed E-state index contributed by atoms with van der Waals surface area (Å²) in [6, 6.07) is 22.0. The fourth-order valence-electron chi connectivity index (χ4n) is 3.91. The van der Waals surface area contributed by atoms with Gasteiger partial charge >= 0.3 is 12.5 Å². The molecule has 4 aromatic carbocycles. The summed E-state index contributed by atoms with van der Waals surface area (Å²) in [6.45, 7) is 4.63. The highest BCUT2D eigenvalue weighted by Crippen LogP contribution is 2.32. The van der Waals surface area contributed by atoms with Crippen LogP contribution in [0.5, 0.6) is 5.75 Å². The topological polar surface area (TPSA) is 72.9 Å². The van der Waals surface area contributed by atoms with Crippen LogP contribution in [0.2, 0.25) is 0 Å². The fraction of sp³-hybridized carbons (Fsp3) is 0.207. The van der Waals surface area contributed by atoms with Crippen molar-refractivity contribution in [1.29, 1.82) is 0 Å². The zero-order valence-electron chi connectivity index (χ0n) is 21.7. The van der Waals surface area contributed by atoms with Gasteiger partial charge in [0, 0.05) is 4.47 Å². The van der Waals surface area contributed by atoms with Crippen LogP contribution in [0.3, 0.4) is 0 Å². The first kappa shape index (κ1) is 29.4. The molecule has 0 unspecified atom stereocenters. The van der Waals surface area contributed by atoms with Crippen molar-refractivity contribution >= 4 is 42.8 Å². The molecule has 210 valence electrons. The Balaban J connectivity index is 1.66. The van der Waals surface area contributed by atoms with Gasteiger partial charge in [0.05, 0.1) is 11.4 Å². The number of amides is 1. The SMILES string of the molecule is CC(C)(C)OC(=O)N(Cc1ccc2ccccc2c1Br)S(=O)(=O)c1ccc(-c2ccc(OC(F)(F)F)cc2)cc1. The van der Waals surface area contributed by atoms with Gasteiger partial charge < -0.3 is 9.47 Å². The number of carbonyl (C=O) groups is 1. The molecule has 0 heterocycles. The molecule has 0 aliphatic heterocycles. The van der Waals surface area contributed by atoms with Gasteiger partial charge in [0.1, 0.15) is 11.4 Å². The van der Waals surface area contributed by atoms with Crippen molar-refractivity contribution in [3.63, 3.8) is 0 Å². The second kappa shape index (κ2) is 11.1. The molecule has 4 rings (SSSR count). The summed E-state index contributed by atoms with van der Waals surface area (Å²) in [5.74, 6) is -0.372. The van der Waals surface area contributed by atoms with Crippen molar-refractivity contribution in [1.82, 2.24) is 4.31 Å². The molecule has 0 spiro atoms. The van der Waals surface area contributed by atoms with Crippen LogP contribution in [0, 0.1) is 0 Å². The van der Waals surface area contributed by atoms with E-state index in [1.165, 1.54) is 48.5 Å². The molecule has 0 saturated carbocycles. The molecule has 0 aromatic heterocycles. The lowest BCUT2D eigenvalue weighted by Crippen LogP contribution is -2.40. The maximum atomic E-state index is 13.8. The van der Waals surface area contributed by atoms with Gasteiger partial charge in [-0.05, 0) is 88.4 Å². The largest absolute Gasteiger partial charge is 0.573 e. The average molecular weight is 636 g/mol. The van der Waals surface area contributed by atoms with Crippen LogP contribution in [0.25, 0.3) is 21.9 Å². The van der Waals surface area contributed by atoms with Gasteiger partial charge in [-0.1, -0.05) is 60.7 Å². The summed E-state index contributed by atoms with van der Waals surface area (Å²) in [7, 11) is -4.37. The molecule has 40 heavy (non-hydrogen) atoms. The predicted octanol–water partition coefficient (Wildman–Crippen LogP) is 8.29. The number of alkyl halides is 3. The highest BCUT2D eigenvalue weighted by atomic mass is 79.9. The molecule has 11 heteroatoms. The lowest BCUT2D eigenvalue weighted by molar-refractivity contribution is -0.274. The van der Waals surface area contributed by atoms with Gasteiger partial charge in [-0.2, -0.15) is 4.31 Å².